The van der Waals surface area contributed by atoms with E-state index in [2.05, 4.69) is 62.0 Å². The van der Waals surface area contributed by atoms with Gasteiger partial charge in [0.15, 0.2) is 5.78 Å². The third-order valence-electron chi connectivity index (χ3n) is 21.0. The molecule has 1 spiro atoms. The van der Waals surface area contributed by atoms with E-state index >= 15 is 0 Å². The lowest BCUT2D eigenvalue weighted by Gasteiger charge is -2.34. The first-order chi connectivity index (χ1) is 56.0. The molecule has 0 bridgehead atoms. The quantitative estimate of drug-likeness (QED) is 0.0207. The Kier molecular flexibility index (Phi) is 34.8. The van der Waals surface area contributed by atoms with Crippen LogP contribution in [0.1, 0.15) is 199 Å². The average Bonchev–Trinajstić information content (AvgIpc) is 1.57. The Balaban J connectivity index is 0.000000207. The third kappa shape index (κ3) is 33.7. The average molecular weight is 1760 g/mol. The van der Waals surface area contributed by atoms with Crippen LogP contribution in [0.5, 0.6) is 29.1 Å². The number of aliphatic hydroxyl groups excluding tert-OH is 1. The van der Waals surface area contributed by atoms with E-state index in [1.165, 1.54) is 114 Å². The molecule has 660 valence electrons. The van der Waals surface area contributed by atoms with Gasteiger partial charge < -0.3 is 28.8 Å². The molecule has 5 saturated carbocycles. The molecule has 5 N–H and O–H groups in total. The molecule has 0 saturated heterocycles. The summed E-state index contributed by atoms with van der Waals surface area (Å²) in [5.74, 6) is -0.107. The zero-order chi connectivity index (χ0) is 88.7. The van der Waals surface area contributed by atoms with Gasteiger partial charge in [-0.25, -0.2) is 84.9 Å². The van der Waals surface area contributed by atoms with Gasteiger partial charge in [-0.1, -0.05) is 79.3 Å². The summed E-state index contributed by atoms with van der Waals surface area (Å²) < 4.78 is 210. The number of benzene rings is 1. The molecule has 24 nitrogen and oxygen atoms in total. The highest BCUT2D eigenvalue weighted by Gasteiger charge is 2.52. The van der Waals surface area contributed by atoms with Gasteiger partial charge in [-0.05, 0) is 221 Å². The molecule has 1 aromatic carbocycles. The Labute approximate surface area is 703 Å². The molecule has 1 atom stereocenters. The number of aliphatic hydroxyl groups is 1. The van der Waals surface area contributed by atoms with Crippen molar-refractivity contribution in [2.45, 2.75) is 186 Å². The molecule has 34 heteroatoms. The monoisotopic (exact) mass is 1760 g/mol. The Hall–Kier alpha value is -9.12. The number of rotatable bonds is 30. The molecule has 5 aromatic heterocycles. The van der Waals surface area contributed by atoms with E-state index in [-0.39, 0.29) is 81.3 Å². The molecular weight excluding hydrogens is 1640 g/mol. The van der Waals surface area contributed by atoms with Crippen LogP contribution in [0.25, 0.3) is 36.5 Å². The van der Waals surface area contributed by atoms with Gasteiger partial charge in [-0.3, -0.25) is 23.7 Å². The van der Waals surface area contributed by atoms with E-state index in [0.717, 1.165) is 61.5 Å². The van der Waals surface area contributed by atoms with E-state index in [1.807, 2.05) is 69.4 Å². The number of Topliss-reactive ketones (excluding diaryl/α,β-unsaturated/α-hetero) is 1. The maximum atomic E-state index is 14.9. The number of hydrogen-bond acceptors (Lipinski definition) is 20. The van der Waals surface area contributed by atoms with Gasteiger partial charge in [0.2, 0.25) is 63.7 Å². The van der Waals surface area contributed by atoms with Crippen molar-refractivity contribution in [1.82, 2.24) is 24.9 Å². The summed E-state index contributed by atoms with van der Waals surface area (Å²) in [7, 11) is -7.65. The van der Waals surface area contributed by atoms with E-state index < -0.39 is 74.6 Å². The standard InChI is InChI=1S/C21H25NO3.C17H23F3N2O3S.C17H25FN2O3S.C16H22F2N2O3S.C15H20N2O3S/c1-15-4-6-17(7-5-15)8-9-18-13-19(14-22-21(18)25-3)20(24)12-16(2)10-11-23;1-16(18,19)13-5-8-17(20,9-6-13)7-4-12-10-15(22-26(3,23)24)21-11-14(12)25-2;1-4-23-16-14(11-15(12-19-16)20-24(3,21)22)6-5-13-7-9-17(2,18)10-8-13;1-15(17)6-8-16(18,9-7-15)5-4-12-10-14(20-24(3,21)22)19-11-13(12)23-2;1-20-14-12(4-3-11-8-15(9-11)5-6-15)7-13(10-16-14)17-21(2,18)19/h4-9,13-14,16,23H,10-12H2,1-3H3;4,7,10-11,13H,5-6,8-9H2,1-3H3,(H,21,22);5-6,11-13,20H,4,7-10H2,1-3H3;4-5,10-11H,6-9H2,1-3H3,(H,19,20);3-4,7,10-11,17H,5-6,8-9H2,1-2H3/b9-8+;7-4+;6-5+;5-4+;4-3+. The van der Waals surface area contributed by atoms with Gasteiger partial charge in [-0.2, -0.15) is 0 Å². The minimum Gasteiger partial charge on any atom is -0.495 e. The molecule has 11 rings (SSSR count). The molecule has 0 aliphatic heterocycles. The lowest BCUT2D eigenvalue weighted by atomic mass is 9.72. The van der Waals surface area contributed by atoms with Gasteiger partial charge >= 0.3 is 0 Å². The molecular formula is C86H115F6N9O15S4. The number of alkyl halides is 6. The fraction of sp³-hybridized carbons (Fsp3) is 0.512. The number of nitrogens with zero attached hydrogens (tertiary/aromatic N) is 5. The van der Waals surface area contributed by atoms with Gasteiger partial charge in [-0.15, -0.1) is 0 Å². The highest BCUT2D eigenvalue weighted by atomic mass is 32.2. The van der Waals surface area contributed by atoms with Crippen LogP contribution in [-0.4, -0.2) is 165 Å². The van der Waals surface area contributed by atoms with Gasteiger partial charge in [0.1, 0.15) is 45.8 Å². The summed E-state index contributed by atoms with van der Waals surface area (Å²) in [5.41, 5.74) is 1.93. The first kappa shape index (κ1) is 98.0. The zero-order valence-electron chi connectivity index (χ0n) is 70.6. The molecule has 5 aliphatic carbocycles. The van der Waals surface area contributed by atoms with Crippen LogP contribution in [0, 0.1) is 36.0 Å². The van der Waals surface area contributed by atoms with Crippen LogP contribution >= 0.6 is 0 Å². The minimum atomic E-state index is -3.50. The number of sulfonamides is 4. The van der Waals surface area contributed by atoms with Crippen LogP contribution in [0.15, 0.2) is 110 Å². The van der Waals surface area contributed by atoms with Crippen molar-refractivity contribution in [1.29, 1.82) is 0 Å². The number of nitrogens with one attached hydrogen (secondary N) is 4. The highest BCUT2D eigenvalue weighted by Crippen LogP contribution is 2.63. The van der Waals surface area contributed by atoms with Gasteiger partial charge in [0, 0.05) is 58.5 Å². The maximum Gasteiger partial charge on any atom is 0.248 e. The zero-order valence-corrected chi connectivity index (χ0v) is 73.9. The Bertz CT molecular complexity index is 5050. The summed E-state index contributed by atoms with van der Waals surface area (Å²) in [6.07, 6.45) is 38.9. The second kappa shape index (κ2) is 42.6. The van der Waals surface area contributed by atoms with Gasteiger partial charge in [0.05, 0.1) is 96.2 Å². The number of hydrogen-bond donors (Lipinski definition) is 5. The minimum absolute atomic E-state index is 0.0133. The molecule has 0 amide bonds. The number of methoxy groups -OCH3 is 4. The van der Waals surface area contributed by atoms with Crippen LogP contribution < -0.4 is 42.6 Å². The predicted octanol–water partition coefficient (Wildman–Crippen LogP) is 18.1. The van der Waals surface area contributed by atoms with Crippen molar-refractivity contribution < 1.29 is 93.6 Å². The molecule has 5 heterocycles. The molecule has 6 aromatic rings. The number of anilines is 4. The summed E-state index contributed by atoms with van der Waals surface area (Å²) in [6.45, 7) is 10.5. The first-order valence-corrected chi connectivity index (χ1v) is 47.1. The number of allylic oxidation sites excluding steroid dienone is 4. The van der Waals surface area contributed by atoms with E-state index in [0.29, 0.717) is 112 Å². The van der Waals surface area contributed by atoms with E-state index in [9.17, 15) is 64.8 Å². The van der Waals surface area contributed by atoms with Crippen molar-refractivity contribution in [3.05, 3.63) is 154 Å². The number of carbonyl (C=O) groups excluding carboxylic acids is 1. The first-order valence-electron chi connectivity index (χ1n) is 39.5. The number of pyridine rings is 5. The van der Waals surface area contributed by atoms with Crippen LogP contribution in [0.2, 0.25) is 0 Å². The molecule has 5 fully saturated rings. The summed E-state index contributed by atoms with van der Waals surface area (Å²) in [4.78, 5) is 32.8. The fourth-order valence-electron chi connectivity index (χ4n) is 14.0. The summed E-state index contributed by atoms with van der Waals surface area (Å²) in [6, 6.07) is 16.3. The van der Waals surface area contributed by atoms with Crippen molar-refractivity contribution in [2.75, 3.05) is 85.6 Å². The number of carbonyl (C=O) groups is 1. The van der Waals surface area contributed by atoms with Crippen LogP contribution in [-0.2, 0) is 40.1 Å². The van der Waals surface area contributed by atoms with Gasteiger partial charge in [0.25, 0.3) is 0 Å². The predicted molar refractivity (Wildman–Crippen MR) is 463 cm³/mol. The topological polar surface area (TPSA) is 333 Å². The van der Waals surface area contributed by atoms with Crippen molar-refractivity contribution in [3.63, 3.8) is 0 Å². The molecule has 120 heavy (non-hydrogen) atoms. The normalized spacial score (nSPS) is 22.1. The molecule has 0 radical (unpaired) electrons. The number of aromatic nitrogens is 5. The largest absolute Gasteiger partial charge is 0.495 e. The van der Waals surface area contributed by atoms with Crippen LogP contribution in [0.3, 0.4) is 0 Å². The lowest BCUT2D eigenvalue weighted by molar-refractivity contribution is -0.0658. The fourth-order valence-corrected chi connectivity index (χ4v) is 16.0. The Morgan fingerprint density at radius 2 is 0.975 bits per heavy atom. The Morgan fingerprint density at radius 3 is 1.42 bits per heavy atom. The summed E-state index contributed by atoms with van der Waals surface area (Å²) >= 11 is 0. The lowest BCUT2D eigenvalue weighted by Crippen LogP contribution is -2.34. The highest BCUT2D eigenvalue weighted by molar-refractivity contribution is 7.92. The summed E-state index contributed by atoms with van der Waals surface area (Å²) in [5, 5.41) is 8.98. The number of halogens is 6. The third-order valence-corrected chi connectivity index (χ3v) is 23.4. The van der Waals surface area contributed by atoms with E-state index in [4.69, 9.17) is 28.8 Å². The second-order valence-corrected chi connectivity index (χ2v) is 39.3. The van der Waals surface area contributed by atoms with E-state index in [1.54, 1.807) is 39.5 Å². The second-order valence-electron chi connectivity index (χ2n) is 32.3. The number of aryl methyl sites for hydroxylation is 1. The van der Waals surface area contributed by atoms with Crippen molar-refractivity contribution >= 4 is 105 Å². The van der Waals surface area contributed by atoms with Crippen molar-refractivity contribution in [3.8, 4) is 29.1 Å². The number of ketones is 1. The van der Waals surface area contributed by atoms with Crippen LogP contribution in [0.4, 0.5) is 49.4 Å². The smallest absolute Gasteiger partial charge is 0.248 e. The Morgan fingerprint density at radius 1 is 0.533 bits per heavy atom. The molecule has 5 aliphatic rings. The SMILES string of the molecule is CCOc1ncc(NS(C)(=O)=O)cc1/C=C/C1CCC(C)(F)CC1.COc1cnc(NS(C)(=O)=O)cc1/C=C/C1(F)CCC(C(C)(F)F)CC1.COc1cnc(NS(C)(=O)=O)cc1/C=C/C1(F)CCC(C)(F)CC1.COc1ncc(C(=O)CC(C)CCO)cc1/C=C/c1ccc(C)cc1.COc1ncc(NS(C)(=O)=O)cc1/C=C/C1CC2(CC2)C1. The number of ether oxygens (including phenoxy) is 5. The van der Waals surface area contributed by atoms with Crippen molar-refractivity contribution in [2.24, 2.45) is 29.1 Å². The maximum absolute atomic E-state index is 14.9. The molecule has 1 unspecified atom stereocenters.